The molecule has 2 rings (SSSR count). The number of thiophene rings is 1. The molecule has 0 spiro atoms. The lowest BCUT2D eigenvalue weighted by Gasteiger charge is -2.34. The van der Waals surface area contributed by atoms with Crippen LogP contribution in [0.3, 0.4) is 0 Å². The second-order valence-corrected chi connectivity index (χ2v) is 6.95. The first kappa shape index (κ1) is 16.5. The minimum atomic E-state index is 0.114. The van der Waals surface area contributed by atoms with E-state index in [1.807, 2.05) is 12.1 Å². The number of halogens is 1. The molecule has 2 unspecified atom stereocenters. The lowest BCUT2D eigenvalue weighted by Crippen LogP contribution is -2.40. The molecule has 1 aromatic carbocycles. The number of benzene rings is 1. The van der Waals surface area contributed by atoms with Crippen LogP contribution in [0.25, 0.3) is 0 Å². The fourth-order valence-corrected chi connectivity index (χ4v) is 3.87. The second-order valence-electron chi connectivity index (χ2n) is 5.21. The van der Waals surface area contributed by atoms with Gasteiger partial charge in [0.2, 0.25) is 0 Å². The van der Waals surface area contributed by atoms with Crippen LogP contribution in [0, 0.1) is 0 Å². The largest absolute Gasteiger partial charge is 0.326 e. The summed E-state index contributed by atoms with van der Waals surface area (Å²) in [4.78, 5) is 3.69. The average molecular weight is 323 g/mol. The number of hydrogen-bond acceptors (Lipinski definition) is 3. The zero-order valence-corrected chi connectivity index (χ0v) is 14.2. The highest BCUT2D eigenvalue weighted by molar-refractivity contribution is 7.16. The van der Waals surface area contributed by atoms with Crippen molar-refractivity contribution in [1.82, 2.24) is 4.90 Å². The summed E-state index contributed by atoms with van der Waals surface area (Å²) in [6.07, 6.45) is 0.950. The maximum atomic E-state index is 6.41. The zero-order valence-electron chi connectivity index (χ0n) is 12.6. The summed E-state index contributed by atoms with van der Waals surface area (Å²) in [6, 6.07) is 15.0. The van der Waals surface area contributed by atoms with Crippen molar-refractivity contribution in [3.05, 3.63) is 57.2 Å². The van der Waals surface area contributed by atoms with Crippen molar-refractivity contribution in [2.75, 3.05) is 6.54 Å². The second kappa shape index (κ2) is 7.95. The van der Waals surface area contributed by atoms with Gasteiger partial charge in [-0.15, -0.1) is 11.3 Å². The Hall–Kier alpha value is -0.870. The summed E-state index contributed by atoms with van der Waals surface area (Å²) in [7, 11) is 0. The maximum Gasteiger partial charge on any atom is 0.0931 e. The van der Waals surface area contributed by atoms with E-state index in [0.29, 0.717) is 0 Å². The van der Waals surface area contributed by atoms with Gasteiger partial charge in [0.25, 0.3) is 0 Å². The summed E-state index contributed by atoms with van der Waals surface area (Å²) >= 11 is 7.76. The van der Waals surface area contributed by atoms with Gasteiger partial charge >= 0.3 is 0 Å². The molecule has 0 bridgehead atoms. The van der Waals surface area contributed by atoms with Crippen molar-refractivity contribution in [2.24, 2.45) is 5.73 Å². The first-order chi connectivity index (χ1) is 10.2. The van der Waals surface area contributed by atoms with E-state index in [1.165, 1.54) is 10.4 Å². The van der Waals surface area contributed by atoms with E-state index in [9.17, 15) is 0 Å². The average Bonchev–Trinajstić information content (AvgIpc) is 2.93. The summed E-state index contributed by atoms with van der Waals surface area (Å²) in [5.41, 5.74) is 7.73. The van der Waals surface area contributed by atoms with Crippen molar-refractivity contribution in [3.63, 3.8) is 0 Å². The fraction of sp³-hybridized carbons (Fsp3) is 0.412. The molecular weight excluding hydrogens is 300 g/mol. The molecule has 2 N–H and O–H groups in total. The molecule has 114 valence electrons. The molecule has 2 aromatic rings. The molecule has 1 aromatic heterocycles. The Morgan fingerprint density at radius 3 is 2.38 bits per heavy atom. The van der Waals surface area contributed by atoms with E-state index in [1.54, 1.807) is 11.3 Å². The molecular formula is C17H23ClN2S. The highest BCUT2D eigenvalue weighted by Gasteiger charge is 2.26. The van der Waals surface area contributed by atoms with Gasteiger partial charge in [0, 0.05) is 17.5 Å². The quantitative estimate of drug-likeness (QED) is 0.800. The number of nitrogens with two attached hydrogens (primary N) is 1. The monoisotopic (exact) mass is 322 g/mol. The van der Waals surface area contributed by atoms with Crippen molar-refractivity contribution in [3.8, 4) is 0 Å². The van der Waals surface area contributed by atoms with E-state index < -0.39 is 0 Å². The standard InChI is InChI=1S/C17H23ClN2S/c1-3-14(19)17(15-10-11-16(18)21-15)20(4-2)12-13-8-6-5-7-9-13/h5-11,14,17H,3-4,12,19H2,1-2H3. The van der Waals surface area contributed by atoms with Gasteiger partial charge in [0.1, 0.15) is 0 Å². The van der Waals surface area contributed by atoms with Gasteiger partial charge in [0.05, 0.1) is 10.4 Å². The summed E-state index contributed by atoms with van der Waals surface area (Å²) in [5, 5.41) is 0. The summed E-state index contributed by atoms with van der Waals surface area (Å²) < 4.78 is 0.828. The van der Waals surface area contributed by atoms with E-state index >= 15 is 0 Å². The Balaban J connectivity index is 2.25. The normalized spacial score (nSPS) is 14.3. The molecule has 0 aliphatic rings. The smallest absolute Gasteiger partial charge is 0.0931 e. The molecule has 0 saturated heterocycles. The number of likely N-dealkylation sites (N-methyl/N-ethyl adjacent to an activating group) is 1. The van der Waals surface area contributed by atoms with Crippen LogP contribution < -0.4 is 5.73 Å². The van der Waals surface area contributed by atoms with E-state index in [2.05, 4.69) is 49.1 Å². The van der Waals surface area contributed by atoms with Crippen LogP contribution in [-0.4, -0.2) is 17.5 Å². The molecule has 0 radical (unpaired) electrons. The number of rotatable bonds is 7. The topological polar surface area (TPSA) is 29.3 Å². The van der Waals surface area contributed by atoms with Crippen LogP contribution in [0.4, 0.5) is 0 Å². The zero-order chi connectivity index (χ0) is 15.2. The molecule has 2 atom stereocenters. The highest BCUT2D eigenvalue weighted by Crippen LogP contribution is 2.33. The Morgan fingerprint density at radius 1 is 1.14 bits per heavy atom. The Bertz CT molecular complexity index is 541. The molecule has 1 heterocycles. The van der Waals surface area contributed by atoms with Gasteiger partial charge < -0.3 is 5.73 Å². The van der Waals surface area contributed by atoms with E-state index in [4.69, 9.17) is 17.3 Å². The molecule has 21 heavy (non-hydrogen) atoms. The molecule has 0 amide bonds. The van der Waals surface area contributed by atoms with Gasteiger partial charge in [-0.2, -0.15) is 0 Å². The minimum absolute atomic E-state index is 0.114. The number of nitrogens with zero attached hydrogens (tertiary/aromatic N) is 1. The fourth-order valence-electron chi connectivity index (χ4n) is 2.60. The number of hydrogen-bond donors (Lipinski definition) is 1. The Labute approximate surface area is 136 Å². The third kappa shape index (κ3) is 4.30. The van der Waals surface area contributed by atoms with E-state index in [0.717, 1.165) is 23.8 Å². The third-order valence-electron chi connectivity index (χ3n) is 3.79. The molecule has 4 heteroatoms. The van der Waals surface area contributed by atoms with Crippen molar-refractivity contribution >= 4 is 22.9 Å². The Morgan fingerprint density at radius 2 is 1.86 bits per heavy atom. The predicted molar refractivity (Wildman–Crippen MR) is 92.9 cm³/mol. The first-order valence-electron chi connectivity index (χ1n) is 7.44. The van der Waals surface area contributed by atoms with Crippen LogP contribution in [0.2, 0.25) is 4.34 Å². The summed E-state index contributed by atoms with van der Waals surface area (Å²) in [5.74, 6) is 0. The predicted octanol–water partition coefficient (Wildman–Crippen LogP) is 4.70. The van der Waals surface area contributed by atoms with Crippen LogP contribution in [-0.2, 0) is 6.54 Å². The maximum absolute atomic E-state index is 6.41. The molecule has 0 aliphatic carbocycles. The molecule has 2 nitrogen and oxygen atoms in total. The lowest BCUT2D eigenvalue weighted by atomic mass is 10.0. The Kier molecular flexibility index (Phi) is 6.24. The van der Waals surface area contributed by atoms with Gasteiger partial charge in [-0.1, -0.05) is 55.8 Å². The SMILES string of the molecule is CCC(N)C(c1ccc(Cl)s1)N(CC)Cc1ccccc1. The van der Waals surface area contributed by atoms with Gasteiger partial charge in [-0.3, -0.25) is 4.90 Å². The molecule has 0 aliphatic heterocycles. The van der Waals surface area contributed by atoms with Gasteiger partial charge in [-0.05, 0) is 30.7 Å². The van der Waals surface area contributed by atoms with Crippen LogP contribution in [0.5, 0.6) is 0 Å². The van der Waals surface area contributed by atoms with Crippen molar-refractivity contribution < 1.29 is 0 Å². The van der Waals surface area contributed by atoms with Crippen LogP contribution in [0.15, 0.2) is 42.5 Å². The molecule has 0 fully saturated rings. The van der Waals surface area contributed by atoms with Crippen molar-refractivity contribution in [2.45, 2.75) is 38.9 Å². The van der Waals surface area contributed by atoms with Crippen molar-refractivity contribution in [1.29, 1.82) is 0 Å². The third-order valence-corrected chi connectivity index (χ3v) is 5.09. The van der Waals surface area contributed by atoms with Gasteiger partial charge in [0.15, 0.2) is 0 Å². The van der Waals surface area contributed by atoms with Crippen LogP contribution in [0.1, 0.15) is 36.8 Å². The summed E-state index contributed by atoms with van der Waals surface area (Å²) in [6.45, 7) is 6.20. The lowest BCUT2D eigenvalue weighted by molar-refractivity contribution is 0.172. The first-order valence-corrected chi connectivity index (χ1v) is 8.64. The highest BCUT2D eigenvalue weighted by atomic mass is 35.5. The van der Waals surface area contributed by atoms with E-state index in [-0.39, 0.29) is 12.1 Å². The van der Waals surface area contributed by atoms with Crippen LogP contribution >= 0.6 is 22.9 Å². The molecule has 0 saturated carbocycles. The van der Waals surface area contributed by atoms with Gasteiger partial charge in [-0.25, -0.2) is 0 Å². The minimum Gasteiger partial charge on any atom is -0.326 e.